The number of H-pyrrole nitrogens is 1. The van der Waals surface area contributed by atoms with Gasteiger partial charge in [0.2, 0.25) is 35.4 Å². The van der Waals surface area contributed by atoms with Gasteiger partial charge < -0.3 is 54.1 Å². The van der Waals surface area contributed by atoms with Gasteiger partial charge in [-0.2, -0.15) is 0 Å². The first-order valence-corrected chi connectivity index (χ1v) is 21.4. The molecule has 1 aromatic heterocycles. The predicted molar refractivity (Wildman–Crippen MR) is 232 cm³/mol. The van der Waals surface area contributed by atoms with E-state index in [9.17, 15) is 28.8 Å². The van der Waals surface area contributed by atoms with Crippen LogP contribution in [0.4, 0.5) is 0 Å². The molecule has 3 aromatic rings. The summed E-state index contributed by atoms with van der Waals surface area (Å²) in [5, 5.41) is 18.1. The summed E-state index contributed by atoms with van der Waals surface area (Å²) in [6.45, 7) is 4.93. The molecule has 0 spiro atoms. The summed E-state index contributed by atoms with van der Waals surface area (Å²) in [5.41, 5.74) is 19.7. The average Bonchev–Trinajstić information content (AvgIpc) is 3.64. The lowest BCUT2D eigenvalue weighted by atomic mass is 9.99. The van der Waals surface area contributed by atoms with Crippen molar-refractivity contribution in [3.05, 3.63) is 71.9 Å². The molecule has 0 unspecified atom stereocenters. The van der Waals surface area contributed by atoms with Gasteiger partial charge in [0.25, 0.3) is 0 Å². The number of hydrogen-bond donors (Lipinski definition) is 10. The zero-order valence-electron chi connectivity index (χ0n) is 35.1. The van der Waals surface area contributed by atoms with E-state index in [4.69, 9.17) is 17.2 Å². The number of carbonyl (C=O) groups is 6. The molecule has 13 N–H and O–H groups in total. The highest BCUT2D eigenvalue weighted by atomic mass is 16.2. The maximum Gasteiger partial charge on any atom is 0.243 e. The highest BCUT2D eigenvalue weighted by Gasteiger charge is 2.35. The molecule has 1 aliphatic rings. The SMILES string of the molecule is CC(C)C[C@H]1NC(=O)[C@H](CCCCN)NC(=O)[C@@H](CCCCN)NC(=O)[C@H](Cc2ccccc2)NC(=O)[C@@H](Cc2c[nH]c3ccccc23)NC(=O)[C@H](CCCCN)NC1=O. The molecule has 4 rings (SSSR count). The molecule has 2 aromatic carbocycles. The van der Waals surface area contributed by atoms with Gasteiger partial charge in [-0.15, -0.1) is 0 Å². The lowest BCUT2D eigenvalue weighted by Gasteiger charge is -2.30. The molecular weight excluding hydrogens is 765 g/mol. The molecule has 1 saturated heterocycles. The van der Waals surface area contributed by atoms with E-state index in [0.717, 1.165) is 22.0 Å². The van der Waals surface area contributed by atoms with E-state index in [1.54, 1.807) is 6.20 Å². The molecule has 6 atom stereocenters. The van der Waals surface area contributed by atoms with Crippen molar-refractivity contribution in [3.8, 4) is 0 Å². The second-order valence-electron chi connectivity index (χ2n) is 16.1. The van der Waals surface area contributed by atoms with Gasteiger partial charge in [0.1, 0.15) is 36.3 Å². The van der Waals surface area contributed by atoms with Crippen LogP contribution in [0.1, 0.15) is 89.2 Å². The number of rotatable bonds is 18. The van der Waals surface area contributed by atoms with Gasteiger partial charge in [0, 0.05) is 29.9 Å². The van der Waals surface area contributed by atoms with E-state index in [0.29, 0.717) is 58.2 Å². The number of nitrogens with one attached hydrogen (secondary N) is 7. The maximum atomic E-state index is 14.6. The van der Waals surface area contributed by atoms with E-state index >= 15 is 0 Å². The van der Waals surface area contributed by atoms with Gasteiger partial charge in [-0.05, 0) is 107 Å². The average molecular weight is 831 g/mol. The molecular formula is C44H66N10O6. The third-order valence-corrected chi connectivity index (χ3v) is 10.7. The fraction of sp³-hybridized carbons (Fsp3) is 0.545. The van der Waals surface area contributed by atoms with Crippen molar-refractivity contribution in [2.75, 3.05) is 19.6 Å². The van der Waals surface area contributed by atoms with Crippen LogP contribution >= 0.6 is 0 Å². The van der Waals surface area contributed by atoms with Gasteiger partial charge in [0.15, 0.2) is 0 Å². The molecule has 0 bridgehead atoms. The van der Waals surface area contributed by atoms with Crippen LogP contribution in [0.3, 0.4) is 0 Å². The second kappa shape index (κ2) is 24.7. The zero-order valence-corrected chi connectivity index (χ0v) is 35.1. The number of carbonyl (C=O) groups excluding carboxylic acids is 6. The van der Waals surface area contributed by atoms with E-state index in [1.807, 2.05) is 68.4 Å². The molecule has 2 heterocycles. The first kappa shape index (κ1) is 47.4. The Morgan fingerprint density at radius 3 is 1.37 bits per heavy atom. The maximum absolute atomic E-state index is 14.6. The molecule has 0 radical (unpaired) electrons. The van der Waals surface area contributed by atoms with Gasteiger partial charge >= 0.3 is 0 Å². The highest BCUT2D eigenvalue weighted by Crippen LogP contribution is 2.20. The summed E-state index contributed by atoms with van der Waals surface area (Å²) in [6, 6.07) is 10.0. The minimum absolute atomic E-state index is 0.0380. The predicted octanol–water partition coefficient (Wildman–Crippen LogP) is 1.31. The van der Waals surface area contributed by atoms with Crippen LogP contribution in [0.15, 0.2) is 60.8 Å². The van der Waals surface area contributed by atoms with E-state index in [1.165, 1.54) is 0 Å². The van der Waals surface area contributed by atoms with Crippen LogP contribution in [-0.4, -0.2) is 96.3 Å². The van der Waals surface area contributed by atoms with Crippen LogP contribution < -0.4 is 49.1 Å². The molecule has 6 amide bonds. The molecule has 16 heteroatoms. The topological polar surface area (TPSA) is 268 Å². The van der Waals surface area contributed by atoms with E-state index in [2.05, 4.69) is 36.9 Å². The fourth-order valence-electron chi connectivity index (χ4n) is 7.41. The number of aromatic amines is 1. The standard InChI is InChI=1S/C44H66N10O6/c1-28(2)24-36-42(58)50-35(20-10-13-23-47)41(57)54-38(26-30-27-48-32-17-7-6-16-31(30)32)44(60)53-37(25-29-14-4-3-5-15-29)43(59)51-33(18-8-11-21-45)39(55)49-34(40(56)52-36)19-9-12-22-46/h3-7,14-17,27-28,33-38,48H,8-13,18-26,45-47H2,1-2H3,(H,49,55)(H,50,58)(H,51,59)(H,52,56)(H,53,60)(H,54,57)/t33-,34+,35+,36-,37+,38-/m1/s1. The third-order valence-electron chi connectivity index (χ3n) is 10.7. The summed E-state index contributed by atoms with van der Waals surface area (Å²) < 4.78 is 0. The Bertz CT molecular complexity index is 1850. The second-order valence-corrected chi connectivity index (χ2v) is 16.1. The summed E-state index contributed by atoms with van der Waals surface area (Å²) >= 11 is 0. The summed E-state index contributed by atoms with van der Waals surface area (Å²) in [4.78, 5) is 88.8. The number of amides is 6. The normalized spacial score (nSPS) is 22.6. The van der Waals surface area contributed by atoms with Crippen molar-refractivity contribution in [2.45, 2.75) is 127 Å². The fourth-order valence-corrected chi connectivity index (χ4v) is 7.41. The van der Waals surface area contributed by atoms with Crippen molar-refractivity contribution in [2.24, 2.45) is 23.1 Å². The summed E-state index contributed by atoms with van der Waals surface area (Å²) in [7, 11) is 0. The first-order valence-electron chi connectivity index (χ1n) is 21.4. The molecule has 328 valence electrons. The Morgan fingerprint density at radius 2 is 0.883 bits per heavy atom. The molecule has 60 heavy (non-hydrogen) atoms. The Kier molecular flexibility index (Phi) is 19.5. The van der Waals surface area contributed by atoms with Gasteiger partial charge in [-0.1, -0.05) is 62.4 Å². The number of benzene rings is 2. The molecule has 0 saturated carbocycles. The number of fused-ring (bicyclic) bond motifs is 1. The van der Waals surface area contributed by atoms with Gasteiger partial charge in [-0.3, -0.25) is 28.8 Å². The van der Waals surface area contributed by atoms with E-state index < -0.39 is 71.7 Å². The Hall–Kier alpha value is -5.32. The third kappa shape index (κ3) is 14.7. The van der Waals surface area contributed by atoms with Crippen LogP contribution in [-0.2, 0) is 41.6 Å². The van der Waals surface area contributed by atoms with Crippen molar-refractivity contribution in [3.63, 3.8) is 0 Å². The number of para-hydroxylation sites is 1. The summed E-state index contributed by atoms with van der Waals surface area (Å²) in [5.74, 6) is -3.64. The first-order chi connectivity index (χ1) is 28.9. The minimum Gasteiger partial charge on any atom is -0.361 e. The lowest BCUT2D eigenvalue weighted by Crippen LogP contribution is -2.62. The molecule has 16 nitrogen and oxygen atoms in total. The lowest BCUT2D eigenvalue weighted by molar-refractivity contribution is -0.137. The van der Waals surface area contributed by atoms with Gasteiger partial charge in [0.05, 0.1) is 0 Å². The monoisotopic (exact) mass is 831 g/mol. The Morgan fingerprint density at radius 1 is 0.483 bits per heavy atom. The molecule has 0 aliphatic carbocycles. The van der Waals surface area contributed by atoms with Crippen molar-refractivity contribution < 1.29 is 28.8 Å². The number of nitrogens with two attached hydrogens (primary N) is 3. The molecule has 1 aliphatic heterocycles. The largest absolute Gasteiger partial charge is 0.361 e. The van der Waals surface area contributed by atoms with Gasteiger partial charge in [-0.25, -0.2) is 0 Å². The smallest absolute Gasteiger partial charge is 0.243 e. The Labute approximate surface area is 353 Å². The van der Waals surface area contributed by atoms with Crippen molar-refractivity contribution >= 4 is 46.3 Å². The number of hydrogen-bond acceptors (Lipinski definition) is 9. The van der Waals surface area contributed by atoms with E-state index in [-0.39, 0.29) is 44.4 Å². The number of aromatic nitrogens is 1. The highest BCUT2D eigenvalue weighted by molar-refractivity contribution is 5.98. The quantitative estimate of drug-likeness (QED) is 0.0828. The van der Waals surface area contributed by atoms with Crippen LogP contribution in [0.25, 0.3) is 10.9 Å². The van der Waals surface area contributed by atoms with Crippen molar-refractivity contribution in [1.29, 1.82) is 0 Å². The van der Waals surface area contributed by atoms with Crippen LogP contribution in [0, 0.1) is 5.92 Å². The zero-order chi connectivity index (χ0) is 43.4. The van der Waals surface area contributed by atoms with Crippen LogP contribution in [0.2, 0.25) is 0 Å². The molecule has 1 fully saturated rings. The van der Waals surface area contributed by atoms with Crippen molar-refractivity contribution in [1.82, 2.24) is 36.9 Å². The summed E-state index contributed by atoms with van der Waals surface area (Å²) in [6.07, 6.45) is 6.04. The number of unbranched alkanes of at least 4 members (excludes halogenated alkanes) is 3. The minimum atomic E-state index is -1.19. The Balaban J connectivity index is 1.81. The van der Waals surface area contributed by atoms with Crippen LogP contribution in [0.5, 0.6) is 0 Å².